The molecule has 6 nitrogen and oxygen atoms in total. The van der Waals surface area contributed by atoms with Gasteiger partial charge in [-0.3, -0.25) is 0 Å². The Morgan fingerprint density at radius 2 is 1.11 bits per heavy atom. The lowest BCUT2D eigenvalue weighted by Crippen LogP contribution is -2.70. The molecule has 0 amide bonds. The molecule has 1 fully saturated rings. The molecule has 0 aliphatic carbocycles. The minimum absolute atomic E-state index is 0.342. The van der Waals surface area contributed by atoms with Crippen molar-refractivity contribution in [3.8, 4) is 0 Å². The topological polar surface area (TPSA) is 66.4 Å². The summed E-state index contributed by atoms with van der Waals surface area (Å²) in [4.78, 5) is 0. The number of hydrogen-bond donors (Lipinski definition) is 1. The van der Waals surface area contributed by atoms with E-state index in [4.69, 9.17) is 22.4 Å². The van der Waals surface area contributed by atoms with Crippen LogP contribution >= 0.6 is 0 Å². The van der Waals surface area contributed by atoms with E-state index in [2.05, 4.69) is 85.5 Å². The summed E-state index contributed by atoms with van der Waals surface area (Å²) in [6.45, 7) is 28.8. The third-order valence-electron chi connectivity index (χ3n) is 5.82. The van der Waals surface area contributed by atoms with Crippen molar-refractivity contribution in [1.82, 2.24) is 0 Å². The Balaban J connectivity index is 3.42. The lowest BCUT2D eigenvalue weighted by atomic mass is 9.89. The summed E-state index contributed by atoms with van der Waals surface area (Å²) in [6.07, 6.45) is 5.69. The van der Waals surface area contributed by atoms with Crippen LogP contribution in [0.5, 0.6) is 0 Å². The van der Waals surface area contributed by atoms with Gasteiger partial charge in [0.25, 0.3) is 0 Å². The van der Waals surface area contributed by atoms with E-state index >= 15 is 0 Å². The Hall–Kier alpha value is 0.628. The largest absolute Gasteiger partial charge is 0.415 e. The molecule has 216 valence electrons. The molecule has 0 aromatic rings. The smallest absolute Gasteiger partial charge is 0.194 e. The predicted octanol–water partition coefficient (Wildman–Crippen LogP) is 7.34. The molecule has 10 heteroatoms. The quantitative estimate of drug-likeness (QED) is 0.152. The van der Waals surface area contributed by atoms with E-state index in [1.165, 1.54) is 25.7 Å². The third kappa shape index (κ3) is 13.6. The van der Waals surface area contributed by atoms with Gasteiger partial charge in [-0.05, 0) is 85.0 Å². The number of unbranched alkanes of at least 4 members (excludes halogenated alkanes) is 5. The van der Waals surface area contributed by atoms with Crippen LogP contribution in [0.3, 0.4) is 0 Å². The SMILES string of the molecule is CCCCCCCCC1(O)OC(CO[Si](C)(C)C)C(O[Si](C)(C)C)C(O[Si](C)(C)C)C1O[Si](C)(C)C. The molecule has 1 saturated heterocycles. The van der Waals surface area contributed by atoms with Crippen molar-refractivity contribution >= 4 is 33.3 Å². The molecule has 1 aliphatic heterocycles. The standard InChI is InChI=1S/C26H60O6Si4/c1-14-15-16-17-18-19-20-26(27)25(32-36(11,12)13)24(31-35(8,9)10)23(30-34(5,6)7)22(29-26)21-28-33(2,3)4/h22-25,27H,14-21H2,1-13H3. The van der Waals surface area contributed by atoms with Gasteiger partial charge >= 0.3 is 0 Å². The molecule has 0 aromatic heterocycles. The van der Waals surface area contributed by atoms with Gasteiger partial charge in [0.15, 0.2) is 39.1 Å². The van der Waals surface area contributed by atoms with Gasteiger partial charge in [-0.2, -0.15) is 0 Å². The third-order valence-corrected chi connectivity index (χ3v) is 9.77. The highest BCUT2D eigenvalue weighted by Crippen LogP contribution is 2.40. The zero-order valence-corrected chi connectivity index (χ0v) is 30.0. The van der Waals surface area contributed by atoms with Crippen LogP contribution in [0.1, 0.15) is 51.9 Å². The molecule has 1 heterocycles. The molecule has 36 heavy (non-hydrogen) atoms. The van der Waals surface area contributed by atoms with Crippen LogP contribution in [0.4, 0.5) is 0 Å². The van der Waals surface area contributed by atoms with E-state index in [0.717, 1.165) is 12.8 Å². The van der Waals surface area contributed by atoms with Crippen molar-refractivity contribution in [2.75, 3.05) is 6.61 Å². The number of ether oxygens (including phenoxy) is 1. The van der Waals surface area contributed by atoms with Gasteiger partial charge in [-0.1, -0.05) is 39.0 Å². The Labute approximate surface area is 227 Å². The Kier molecular flexibility index (Phi) is 13.3. The second kappa shape index (κ2) is 13.8. The zero-order chi connectivity index (χ0) is 28.0. The Morgan fingerprint density at radius 1 is 0.639 bits per heavy atom. The fraction of sp³-hybridized carbons (Fsp3) is 1.00. The fourth-order valence-corrected chi connectivity index (χ4v) is 8.41. The first-order valence-corrected chi connectivity index (χ1v) is 27.9. The monoisotopic (exact) mass is 580 g/mol. The molecular formula is C26H60O6Si4. The summed E-state index contributed by atoms with van der Waals surface area (Å²) in [5.41, 5.74) is 0. The minimum atomic E-state index is -2.05. The van der Waals surface area contributed by atoms with E-state index in [9.17, 15) is 5.11 Å². The molecule has 1 rings (SSSR count). The van der Waals surface area contributed by atoms with E-state index in [-0.39, 0.29) is 6.10 Å². The van der Waals surface area contributed by atoms with E-state index in [0.29, 0.717) is 13.0 Å². The van der Waals surface area contributed by atoms with Crippen molar-refractivity contribution in [3.63, 3.8) is 0 Å². The summed E-state index contributed by atoms with van der Waals surface area (Å²) >= 11 is 0. The average molecular weight is 581 g/mol. The molecule has 0 saturated carbocycles. The first kappa shape index (κ1) is 34.7. The van der Waals surface area contributed by atoms with Crippen LogP contribution in [0.2, 0.25) is 78.6 Å². The number of hydrogen-bond acceptors (Lipinski definition) is 6. The molecule has 0 aromatic carbocycles. The van der Waals surface area contributed by atoms with Gasteiger partial charge in [0.1, 0.15) is 24.4 Å². The maximum Gasteiger partial charge on any atom is 0.194 e. The lowest BCUT2D eigenvalue weighted by molar-refractivity contribution is -0.342. The van der Waals surface area contributed by atoms with Crippen molar-refractivity contribution in [2.24, 2.45) is 0 Å². The van der Waals surface area contributed by atoms with Gasteiger partial charge in [0.2, 0.25) is 0 Å². The second-order valence-corrected chi connectivity index (χ2v) is 32.4. The van der Waals surface area contributed by atoms with Crippen LogP contribution in [0.15, 0.2) is 0 Å². The van der Waals surface area contributed by atoms with Crippen molar-refractivity contribution in [2.45, 2.75) is 161 Å². The number of rotatable bonds is 16. The zero-order valence-electron chi connectivity index (χ0n) is 26.0. The van der Waals surface area contributed by atoms with Gasteiger partial charge in [-0.15, -0.1) is 0 Å². The minimum Gasteiger partial charge on any atom is -0.415 e. The first-order chi connectivity index (χ1) is 16.2. The maximum absolute atomic E-state index is 12.2. The first-order valence-electron chi connectivity index (χ1n) is 14.2. The maximum atomic E-state index is 12.2. The average Bonchev–Trinajstić information content (AvgIpc) is 2.65. The van der Waals surface area contributed by atoms with Gasteiger partial charge < -0.3 is 27.5 Å². The summed E-state index contributed by atoms with van der Waals surface area (Å²) in [7, 11) is -7.84. The molecule has 0 bridgehead atoms. The van der Waals surface area contributed by atoms with Gasteiger partial charge in [0, 0.05) is 6.42 Å². The van der Waals surface area contributed by atoms with E-state index in [1.54, 1.807) is 0 Å². The summed E-state index contributed by atoms with van der Waals surface area (Å²) in [5, 5.41) is 12.2. The fourth-order valence-electron chi connectivity index (χ4n) is 4.49. The van der Waals surface area contributed by atoms with Crippen LogP contribution in [0, 0.1) is 0 Å². The number of aliphatic hydroxyl groups is 1. The summed E-state index contributed by atoms with van der Waals surface area (Å²) < 4.78 is 33.4. The second-order valence-electron chi connectivity index (χ2n) is 14.5. The van der Waals surface area contributed by atoms with E-state index < -0.39 is 57.4 Å². The van der Waals surface area contributed by atoms with Crippen LogP contribution in [-0.2, 0) is 22.4 Å². The van der Waals surface area contributed by atoms with Gasteiger partial charge in [-0.25, -0.2) is 0 Å². The molecular weight excluding hydrogens is 521 g/mol. The van der Waals surface area contributed by atoms with Gasteiger partial charge in [0.05, 0.1) is 6.61 Å². The molecule has 1 N–H and O–H groups in total. The van der Waals surface area contributed by atoms with Crippen molar-refractivity contribution < 1.29 is 27.5 Å². The molecule has 0 radical (unpaired) electrons. The highest BCUT2D eigenvalue weighted by atomic mass is 28.4. The van der Waals surface area contributed by atoms with Crippen LogP contribution < -0.4 is 0 Å². The summed E-state index contributed by atoms with van der Waals surface area (Å²) in [5.74, 6) is -1.43. The molecule has 0 spiro atoms. The van der Waals surface area contributed by atoms with Crippen LogP contribution in [0.25, 0.3) is 0 Å². The highest BCUT2D eigenvalue weighted by Gasteiger charge is 2.57. The lowest BCUT2D eigenvalue weighted by Gasteiger charge is -2.54. The molecule has 5 atom stereocenters. The Morgan fingerprint density at radius 3 is 1.58 bits per heavy atom. The summed E-state index contributed by atoms with van der Waals surface area (Å²) in [6, 6.07) is 0. The molecule has 5 unspecified atom stereocenters. The Bertz CT molecular complexity index is 638. The van der Waals surface area contributed by atoms with Crippen molar-refractivity contribution in [3.05, 3.63) is 0 Å². The predicted molar refractivity (Wildman–Crippen MR) is 162 cm³/mol. The van der Waals surface area contributed by atoms with Crippen molar-refractivity contribution in [1.29, 1.82) is 0 Å². The normalized spacial score (nSPS) is 28.5. The van der Waals surface area contributed by atoms with E-state index in [1.807, 2.05) is 0 Å². The van der Waals surface area contributed by atoms with Crippen LogP contribution in [-0.4, -0.2) is 75.2 Å². The molecule has 1 aliphatic rings. The highest BCUT2D eigenvalue weighted by molar-refractivity contribution is 6.71.